The van der Waals surface area contributed by atoms with Crippen molar-refractivity contribution in [1.29, 1.82) is 0 Å². The van der Waals surface area contributed by atoms with Gasteiger partial charge in [0.2, 0.25) is 0 Å². The molecule has 1 saturated heterocycles. The van der Waals surface area contributed by atoms with Crippen LogP contribution in [-0.4, -0.2) is 31.2 Å². The van der Waals surface area contributed by atoms with Gasteiger partial charge in [-0.2, -0.15) is 0 Å². The molecule has 0 aliphatic carbocycles. The van der Waals surface area contributed by atoms with Crippen LogP contribution in [0, 0.1) is 0 Å². The average molecular weight is 154 g/mol. The smallest absolute Gasteiger partial charge is 0.167 e. The highest BCUT2D eigenvalue weighted by molar-refractivity contribution is 5.86. The lowest BCUT2D eigenvalue weighted by atomic mass is 10.0. The summed E-state index contributed by atoms with van der Waals surface area (Å²) in [6.07, 6.45) is 3.81. The van der Waals surface area contributed by atoms with E-state index >= 15 is 0 Å². The highest BCUT2D eigenvalue weighted by Gasteiger charge is 2.38. The molecule has 3 nitrogen and oxygen atoms in total. The van der Waals surface area contributed by atoms with Gasteiger partial charge in [0, 0.05) is 13.5 Å². The zero-order chi connectivity index (χ0) is 7.84. The van der Waals surface area contributed by atoms with E-state index in [-0.39, 0.29) is 24.1 Å². The second-order valence-corrected chi connectivity index (χ2v) is 2.85. The van der Waals surface area contributed by atoms with Crippen LogP contribution in [0.3, 0.4) is 0 Å². The third-order valence-corrected chi connectivity index (χ3v) is 2.12. The number of methoxy groups -OCH3 is 1. The Bertz CT molecular complexity index is 209. The van der Waals surface area contributed by atoms with E-state index in [0.29, 0.717) is 6.42 Å². The van der Waals surface area contributed by atoms with Crippen LogP contribution in [0.15, 0.2) is 12.2 Å². The molecule has 2 bridgehead atoms. The number of hydrogen-bond donors (Lipinski definition) is 0. The fourth-order valence-electron chi connectivity index (χ4n) is 1.58. The molecule has 2 heterocycles. The molecule has 60 valence electrons. The SMILES string of the molecule is CO[C@@H]1C(=O)C[C@H]2C=C[C@@H]1O2. The molecule has 1 fully saturated rings. The Labute approximate surface area is 65.0 Å². The summed E-state index contributed by atoms with van der Waals surface area (Å²) < 4.78 is 10.4. The van der Waals surface area contributed by atoms with Crippen LogP contribution in [0.5, 0.6) is 0 Å². The fraction of sp³-hybridized carbons (Fsp3) is 0.625. The van der Waals surface area contributed by atoms with Crippen LogP contribution in [0.25, 0.3) is 0 Å². The molecule has 0 aromatic heterocycles. The number of ether oxygens (including phenoxy) is 2. The van der Waals surface area contributed by atoms with Crippen molar-refractivity contribution in [2.24, 2.45) is 0 Å². The minimum atomic E-state index is -0.370. The van der Waals surface area contributed by atoms with Crippen molar-refractivity contribution in [3.8, 4) is 0 Å². The minimum Gasteiger partial charge on any atom is -0.371 e. The maximum Gasteiger partial charge on any atom is 0.167 e. The van der Waals surface area contributed by atoms with Crippen molar-refractivity contribution in [2.45, 2.75) is 24.7 Å². The molecular weight excluding hydrogens is 144 g/mol. The number of rotatable bonds is 1. The minimum absolute atomic E-state index is 0.0129. The summed E-state index contributed by atoms with van der Waals surface area (Å²) >= 11 is 0. The van der Waals surface area contributed by atoms with Crippen LogP contribution in [0.4, 0.5) is 0 Å². The molecule has 0 aromatic rings. The highest BCUT2D eigenvalue weighted by Crippen LogP contribution is 2.25. The largest absolute Gasteiger partial charge is 0.371 e. The van der Waals surface area contributed by atoms with Gasteiger partial charge in [-0.15, -0.1) is 0 Å². The van der Waals surface area contributed by atoms with Gasteiger partial charge < -0.3 is 9.47 Å². The maximum absolute atomic E-state index is 11.2. The van der Waals surface area contributed by atoms with Crippen molar-refractivity contribution in [3.05, 3.63) is 12.2 Å². The lowest BCUT2D eigenvalue weighted by Crippen LogP contribution is -2.41. The molecule has 0 radical (unpaired) electrons. The van der Waals surface area contributed by atoms with Crippen LogP contribution < -0.4 is 0 Å². The molecule has 2 aliphatic rings. The normalized spacial score (nSPS) is 41.5. The summed E-state index contributed by atoms with van der Waals surface area (Å²) in [6.45, 7) is 0. The Morgan fingerprint density at radius 1 is 1.64 bits per heavy atom. The van der Waals surface area contributed by atoms with Gasteiger partial charge in [-0.05, 0) is 0 Å². The molecule has 0 spiro atoms. The molecule has 0 N–H and O–H groups in total. The number of Topliss-reactive ketones (excluding diaryl/α,β-unsaturated/α-hetero) is 1. The van der Waals surface area contributed by atoms with Gasteiger partial charge in [-0.3, -0.25) is 4.79 Å². The first kappa shape index (κ1) is 7.00. The fourth-order valence-corrected chi connectivity index (χ4v) is 1.58. The van der Waals surface area contributed by atoms with Gasteiger partial charge in [0.25, 0.3) is 0 Å². The van der Waals surface area contributed by atoms with Crippen molar-refractivity contribution in [1.82, 2.24) is 0 Å². The lowest BCUT2D eigenvalue weighted by Gasteiger charge is -2.26. The number of hydrogen-bond acceptors (Lipinski definition) is 3. The van der Waals surface area contributed by atoms with E-state index in [1.165, 1.54) is 0 Å². The van der Waals surface area contributed by atoms with Gasteiger partial charge in [-0.25, -0.2) is 0 Å². The molecule has 0 saturated carbocycles. The van der Waals surface area contributed by atoms with Crippen molar-refractivity contribution < 1.29 is 14.3 Å². The summed E-state index contributed by atoms with van der Waals surface area (Å²) in [7, 11) is 1.54. The van der Waals surface area contributed by atoms with E-state index < -0.39 is 0 Å². The standard InChI is InChI=1S/C8H10O3/c1-10-8-6(9)4-5-2-3-7(8)11-5/h2-3,5,7-8H,4H2,1H3/t5-,7+,8-/m1/s1. The third-order valence-electron chi connectivity index (χ3n) is 2.12. The Morgan fingerprint density at radius 2 is 2.45 bits per heavy atom. The summed E-state index contributed by atoms with van der Waals surface area (Å²) in [4.78, 5) is 11.2. The van der Waals surface area contributed by atoms with Crippen LogP contribution in [0.1, 0.15) is 6.42 Å². The molecule has 0 aromatic carbocycles. The first-order valence-corrected chi connectivity index (χ1v) is 3.70. The molecule has 3 heteroatoms. The quantitative estimate of drug-likeness (QED) is 0.509. The Hall–Kier alpha value is -0.670. The predicted molar refractivity (Wildman–Crippen MR) is 38.2 cm³/mol. The first-order chi connectivity index (χ1) is 5.31. The van der Waals surface area contributed by atoms with E-state index in [9.17, 15) is 4.79 Å². The van der Waals surface area contributed by atoms with Gasteiger partial charge in [-0.1, -0.05) is 12.2 Å². The zero-order valence-electron chi connectivity index (χ0n) is 6.32. The topological polar surface area (TPSA) is 35.5 Å². The van der Waals surface area contributed by atoms with Gasteiger partial charge >= 0.3 is 0 Å². The van der Waals surface area contributed by atoms with Crippen molar-refractivity contribution >= 4 is 5.78 Å². The zero-order valence-corrected chi connectivity index (χ0v) is 6.32. The van der Waals surface area contributed by atoms with E-state index in [2.05, 4.69) is 0 Å². The Morgan fingerprint density at radius 3 is 3.18 bits per heavy atom. The summed E-state index contributed by atoms with van der Waals surface area (Å²) in [5.41, 5.74) is 0. The molecule has 3 atom stereocenters. The van der Waals surface area contributed by atoms with E-state index in [1.807, 2.05) is 12.2 Å². The third kappa shape index (κ3) is 1.01. The van der Waals surface area contributed by atoms with Crippen LogP contribution >= 0.6 is 0 Å². The van der Waals surface area contributed by atoms with Crippen LogP contribution in [-0.2, 0) is 14.3 Å². The van der Waals surface area contributed by atoms with Crippen molar-refractivity contribution in [2.75, 3.05) is 7.11 Å². The first-order valence-electron chi connectivity index (χ1n) is 3.70. The molecule has 0 amide bonds. The molecule has 11 heavy (non-hydrogen) atoms. The monoisotopic (exact) mass is 154 g/mol. The molecular formula is C8H10O3. The van der Waals surface area contributed by atoms with E-state index in [0.717, 1.165) is 0 Å². The van der Waals surface area contributed by atoms with Crippen molar-refractivity contribution in [3.63, 3.8) is 0 Å². The highest BCUT2D eigenvalue weighted by atomic mass is 16.5. The predicted octanol–water partition coefficient (Wildman–Crippen LogP) is 0.298. The number of fused-ring (bicyclic) bond motifs is 2. The molecule has 0 unspecified atom stereocenters. The maximum atomic E-state index is 11.2. The van der Waals surface area contributed by atoms with Gasteiger partial charge in [0.05, 0.1) is 6.10 Å². The summed E-state index contributed by atoms with van der Waals surface area (Å²) in [5, 5.41) is 0. The number of ketones is 1. The van der Waals surface area contributed by atoms with Crippen LogP contribution in [0.2, 0.25) is 0 Å². The molecule has 2 rings (SSSR count). The van der Waals surface area contributed by atoms with Gasteiger partial charge in [0.15, 0.2) is 5.78 Å². The second-order valence-electron chi connectivity index (χ2n) is 2.85. The second kappa shape index (κ2) is 2.43. The molecule has 2 aliphatic heterocycles. The number of carbonyl (C=O) groups excluding carboxylic acids is 1. The van der Waals surface area contributed by atoms with Gasteiger partial charge in [0.1, 0.15) is 12.2 Å². The van der Waals surface area contributed by atoms with E-state index in [1.54, 1.807) is 7.11 Å². The number of carbonyl (C=O) groups is 1. The Kier molecular flexibility index (Phi) is 1.55. The summed E-state index contributed by atoms with van der Waals surface area (Å²) in [5.74, 6) is 0.152. The van der Waals surface area contributed by atoms with E-state index in [4.69, 9.17) is 9.47 Å². The summed E-state index contributed by atoms with van der Waals surface area (Å²) in [6, 6.07) is 0. The Balaban J connectivity index is 2.19. The lowest BCUT2D eigenvalue weighted by molar-refractivity contribution is -0.148. The average Bonchev–Trinajstić information content (AvgIpc) is 2.34.